The minimum absolute atomic E-state index is 0.0701. The van der Waals surface area contributed by atoms with Crippen LogP contribution in [0.25, 0.3) is 0 Å². The van der Waals surface area contributed by atoms with Gasteiger partial charge in [-0.3, -0.25) is 4.79 Å². The van der Waals surface area contributed by atoms with Gasteiger partial charge in [-0.05, 0) is 37.5 Å². The van der Waals surface area contributed by atoms with E-state index >= 15 is 0 Å². The summed E-state index contributed by atoms with van der Waals surface area (Å²) in [7, 11) is 0. The van der Waals surface area contributed by atoms with E-state index in [1.54, 1.807) is 24.0 Å². The van der Waals surface area contributed by atoms with Crippen molar-refractivity contribution in [1.29, 1.82) is 0 Å². The molecule has 0 radical (unpaired) electrons. The van der Waals surface area contributed by atoms with Crippen LogP contribution in [0.1, 0.15) is 62.6 Å². The van der Waals surface area contributed by atoms with E-state index in [0.29, 0.717) is 18.8 Å². The molecule has 1 aromatic carbocycles. The lowest BCUT2D eigenvalue weighted by Gasteiger charge is -2.23. The third kappa shape index (κ3) is 4.71. The third-order valence-corrected chi connectivity index (χ3v) is 4.83. The van der Waals surface area contributed by atoms with Crippen LogP contribution in [0.2, 0.25) is 0 Å². The van der Waals surface area contributed by atoms with E-state index in [9.17, 15) is 9.59 Å². The topological polar surface area (TPSA) is 84.7 Å². The van der Waals surface area contributed by atoms with E-state index in [2.05, 4.69) is 24.3 Å². The van der Waals surface area contributed by atoms with Gasteiger partial charge >= 0.3 is 12.0 Å². The number of amides is 2. The number of hydrogen-bond donors (Lipinski definition) is 1. The normalized spacial score (nSPS) is 16.4. The first-order valence-electron chi connectivity index (χ1n) is 9.76. The molecule has 1 atom stereocenters. The molecule has 0 saturated carbocycles. The Morgan fingerprint density at radius 2 is 2.07 bits per heavy atom. The fourth-order valence-corrected chi connectivity index (χ4v) is 3.33. The van der Waals surface area contributed by atoms with E-state index in [0.717, 1.165) is 29.9 Å². The summed E-state index contributed by atoms with van der Waals surface area (Å²) in [6.07, 6.45) is 2.02. The number of likely N-dealkylation sites (tertiary alicyclic amines) is 1. The molecule has 2 heterocycles. The lowest BCUT2D eigenvalue weighted by molar-refractivity contribution is -0.142. The van der Waals surface area contributed by atoms with Crippen molar-refractivity contribution >= 4 is 17.7 Å². The lowest BCUT2D eigenvalue weighted by Crippen LogP contribution is -2.34. The predicted octanol–water partition coefficient (Wildman–Crippen LogP) is 4.27. The molecule has 150 valence electrons. The zero-order valence-electron chi connectivity index (χ0n) is 16.6. The van der Waals surface area contributed by atoms with Gasteiger partial charge in [-0.2, -0.15) is 0 Å². The molecular weight excluding hydrogens is 358 g/mol. The standard InChI is InChI=1S/C21H27N3O4/c1-4-27-20(25)12-15-7-9-16(10-8-15)22-21(26)24-11-5-6-18(24)17-13-19(14(2)3)28-23-17/h7-10,13-14,18H,4-6,11-12H2,1-3H3,(H,22,26)/t18-/m1/s1. The molecule has 0 aliphatic carbocycles. The van der Waals surface area contributed by atoms with Gasteiger partial charge in [0, 0.05) is 24.2 Å². The van der Waals surface area contributed by atoms with Crippen LogP contribution in [0.15, 0.2) is 34.9 Å². The maximum atomic E-state index is 12.8. The summed E-state index contributed by atoms with van der Waals surface area (Å²) < 4.78 is 10.4. The van der Waals surface area contributed by atoms with Crippen LogP contribution in [0.5, 0.6) is 0 Å². The zero-order valence-corrected chi connectivity index (χ0v) is 16.6. The van der Waals surface area contributed by atoms with Crippen molar-refractivity contribution < 1.29 is 18.8 Å². The van der Waals surface area contributed by atoms with Gasteiger partial charge in [0.2, 0.25) is 0 Å². The number of nitrogens with zero attached hydrogens (tertiary/aromatic N) is 2. The first-order valence-corrected chi connectivity index (χ1v) is 9.76. The first-order chi connectivity index (χ1) is 13.5. The molecular formula is C21H27N3O4. The zero-order chi connectivity index (χ0) is 20.1. The fourth-order valence-electron chi connectivity index (χ4n) is 3.33. The minimum Gasteiger partial charge on any atom is -0.466 e. The molecule has 0 spiro atoms. The van der Waals surface area contributed by atoms with Crippen molar-refractivity contribution in [2.75, 3.05) is 18.5 Å². The number of nitrogens with one attached hydrogen (secondary N) is 1. The number of rotatable bonds is 6. The van der Waals surface area contributed by atoms with Crippen LogP contribution < -0.4 is 5.32 Å². The smallest absolute Gasteiger partial charge is 0.322 e. The highest BCUT2D eigenvalue weighted by atomic mass is 16.5. The molecule has 1 aliphatic heterocycles. The minimum atomic E-state index is -0.257. The van der Waals surface area contributed by atoms with Crippen LogP contribution in [0.3, 0.4) is 0 Å². The molecule has 3 rings (SSSR count). The molecule has 1 aliphatic rings. The second kappa shape index (κ2) is 8.91. The Labute approximate surface area is 165 Å². The molecule has 1 aromatic heterocycles. The number of anilines is 1. The number of esters is 1. The van der Waals surface area contributed by atoms with E-state index in [1.165, 1.54) is 0 Å². The van der Waals surface area contributed by atoms with Gasteiger partial charge in [-0.15, -0.1) is 0 Å². The van der Waals surface area contributed by atoms with Gasteiger partial charge in [0.1, 0.15) is 11.5 Å². The van der Waals surface area contributed by atoms with Crippen LogP contribution in [0, 0.1) is 0 Å². The second-order valence-electron chi connectivity index (χ2n) is 7.27. The third-order valence-electron chi connectivity index (χ3n) is 4.83. The van der Waals surface area contributed by atoms with Gasteiger partial charge in [-0.25, -0.2) is 4.79 Å². The molecule has 0 bridgehead atoms. The number of urea groups is 1. The molecule has 1 N–H and O–H groups in total. The van der Waals surface area contributed by atoms with Crippen LogP contribution in [-0.4, -0.2) is 35.2 Å². The first kappa shape index (κ1) is 19.9. The molecule has 7 nitrogen and oxygen atoms in total. The highest BCUT2D eigenvalue weighted by Crippen LogP contribution is 2.33. The Bertz CT molecular complexity index is 813. The summed E-state index contributed by atoms with van der Waals surface area (Å²) >= 11 is 0. The molecule has 0 unspecified atom stereocenters. The summed E-state index contributed by atoms with van der Waals surface area (Å²) in [6.45, 7) is 6.93. The van der Waals surface area contributed by atoms with E-state index in [-0.39, 0.29) is 30.4 Å². The summed E-state index contributed by atoms with van der Waals surface area (Å²) in [5, 5.41) is 7.10. The van der Waals surface area contributed by atoms with Crippen molar-refractivity contribution in [3.8, 4) is 0 Å². The van der Waals surface area contributed by atoms with Gasteiger partial charge in [0.15, 0.2) is 0 Å². The average molecular weight is 385 g/mol. The number of aromatic nitrogens is 1. The van der Waals surface area contributed by atoms with Crippen LogP contribution in [0.4, 0.5) is 10.5 Å². The summed E-state index contributed by atoms with van der Waals surface area (Å²) in [4.78, 5) is 26.1. The SMILES string of the molecule is CCOC(=O)Cc1ccc(NC(=O)N2CCC[C@@H]2c2cc(C(C)C)on2)cc1. The van der Waals surface area contributed by atoms with E-state index in [1.807, 2.05) is 18.2 Å². The van der Waals surface area contributed by atoms with Gasteiger partial charge < -0.3 is 19.5 Å². The molecule has 1 saturated heterocycles. The van der Waals surface area contributed by atoms with Crippen molar-refractivity contribution in [1.82, 2.24) is 10.1 Å². The Hall–Kier alpha value is -2.83. The Balaban J connectivity index is 1.62. The number of ether oxygens (including phenoxy) is 1. The summed E-state index contributed by atoms with van der Waals surface area (Å²) in [5.74, 6) is 0.838. The van der Waals surface area contributed by atoms with Gasteiger partial charge in [0.25, 0.3) is 0 Å². The molecule has 1 fully saturated rings. The van der Waals surface area contributed by atoms with Crippen LogP contribution in [-0.2, 0) is 16.0 Å². The highest BCUT2D eigenvalue weighted by Gasteiger charge is 2.32. The van der Waals surface area contributed by atoms with E-state index < -0.39 is 0 Å². The largest absolute Gasteiger partial charge is 0.466 e. The lowest BCUT2D eigenvalue weighted by atomic mass is 10.1. The molecule has 28 heavy (non-hydrogen) atoms. The van der Waals surface area contributed by atoms with Crippen molar-refractivity contribution in [3.05, 3.63) is 47.3 Å². The van der Waals surface area contributed by atoms with Crippen LogP contribution >= 0.6 is 0 Å². The maximum absolute atomic E-state index is 12.8. The van der Waals surface area contributed by atoms with E-state index in [4.69, 9.17) is 9.26 Å². The Morgan fingerprint density at radius 1 is 1.32 bits per heavy atom. The number of hydrogen-bond acceptors (Lipinski definition) is 5. The van der Waals surface area contributed by atoms with Crippen molar-refractivity contribution in [2.24, 2.45) is 0 Å². The molecule has 7 heteroatoms. The number of benzene rings is 1. The van der Waals surface area contributed by atoms with Crippen molar-refractivity contribution in [2.45, 2.75) is 52.0 Å². The molecule has 2 amide bonds. The number of carbonyl (C=O) groups is 2. The quantitative estimate of drug-likeness (QED) is 0.751. The van der Waals surface area contributed by atoms with Crippen molar-refractivity contribution in [3.63, 3.8) is 0 Å². The molecule has 2 aromatic rings. The van der Waals surface area contributed by atoms with Gasteiger partial charge in [-0.1, -0.05) is 31.1 Å². The Morgan fingerprint density at radius 3 is 2.71 bits per heavy atom. The summed E-state index contributed by atoms with van der Waals surface area (Å²) in [5.41, 5.74) is 2.34. The second-order valence-corrected chi connectivity index (χ2v) is 7.27. The monoisotopic (exact) mass is 385 g/mol. The summed E-state index contributed by atoms with van der Waals surface area (Å²) in [6, 6.07) is 8.95. The predicted molar refractivity (Wildman–Crippen MR) is 105 cm³/mol. The Kier molecular flexibility index (Phi) is 6.34. The maximum Gasteiger partial charge on any atom is 0.322 e. The average Bonchev–Trinajstić information content (AvgIpc) is 3.32. The highest BCUT2D eigenvalue weighted by molar-refractivity contribution is 5.89. The van der Waals surface area contributed by atoms with Gasteiger partial charge in [0.05, 0.1) is 19.1 Å². The number of carbonyl (C=O) groups excluding carboxylic acids is 2. The fraction of sp³-hybridized carbons (Fsp3) is 0.476.